The van der Waals surface area contributed by atoms with Crippen molar-refractivity contribution in [1.82, 2.24) is 0 Å². The van der Waals surface area contributed by atoms with Gasteiger partial charge in [0.2, 0.25) is 10.0 Å². The molecule has 2 aromatic rings. The summed E-state index contributed by atoms with van der Waals surface area (Å²) in [7, 11) is -3.80. The number of hydrogen-bond acceptors (Lipinski definition) is 6. The number of benzene rings is 1. The Labute approximate surface area is 174 Å². The third-order valence-electron chi connectivity index (χ3n) is 5.07. The van der Waals surface area contributed by atoms with Gasteiger partial charge in [-0.25, -0.2) is 18.4 Å². The lowest BCUT2D eigenvalue weighted by Crippen LogP contribution is -2.29. The summed E-state index contributed by atoms with van der Waals surface area (Å²) < 4.78 is 27.9. The first kappa shape index (κ1) is 21.5. The largest absolute Gasteiger partial charge is 0.448 e. The topological polar surface area (TPSA) is 116 Å². The van der Waals surface area contributed by atoms with E-state index in [1.807, 2.05) is 6.07 Å². The average molecular weight is 437 g/mol. The molecule has 0 fully saturated rings. The summed E-state index contributed by atoms with van der Waals surface area (Å²) in [5.41, 5.74) is 1.59. The maximum Gasteiger partial charge on any atom is 0.349 e. The molecule has 3 rings (SSSR count). The van der Waals surface area contributed by atoms with Crippen LogP contribution in [0.4, 0.5) is 5.69 Å². The minimum atomic E-state index is -3.80. The van der Waals surface area contributed by atoms with E-state index in [9.17, 15) is 18.0 Å². The molecule has 1 aromatic heterocycles. The zero-order valence-electron chi connectivity index (χ0n) is 16.3. The molecule has 1 aliphatic carbocycles. The van der Waals surface area contributed by atoms with E-state index in [1.54, 1.807) is 0 Å². The molecule has 0 spiro atoms. The molecule has 0 radical (unpaired) electrons. The van der Waals surface area contributed by atoms with Crippen LogP contribution >= 0.6 is 11.3 Å². The first-order valence-corrected chi connectivity index (χ1v) is 11.8. The van der Waals surface area contributed by atoms with Crippen molar-refractivity contribution in [2.24, 2.45) is 11.1 Å². The summed E-state index contributed by atoms with van der Waals surface area (Å²) in [6.07, 6.45) is 3.24. The Balaban J connectivity index is 1.60. The summed E-state index contributed by atoms with van der Waals surface area (Å²) in [4.78, 5) is 26.5. The molecule has 3 N–H and O–H groups in total. The predicted octanol–water partition coefficient (Wildman–Crippen LogP) is 3.09. The molecule has 9 heteroatoms. The van der Waals surface area contributed by atoms with Crippen LogP contribution in [0.15, 0.2) is 35.2 Å². The number of aryl methyl sites for hydroxylation is 1. The number of primary sulfonamides is 1. The van der Waals surface area contributed by atoms with Gasteiger partial charge in [0.1, 0.15) is 4.88 Å². The maximum atomic E-state index is 12.5. The molecule has 156 valence electrons. The predicted molar refractivity (Wildman–Crippen MR) is 111 cm³/mol. The van der Waals surface area contributed by atoms with E-state index in [2.05, 4.69) is 12.2 Å². The van der Waals surface area contributed by atoms with E-state index >= 15 is 0 Å². The molecule has 0 saturated carbocycles. The molecule has 0 aliphatic heterocycles. The van der Waals surface area contributed by atoms with Crippen LogP contribution in [0.25, 0.3) is 0 Å². The summed E-state index contributed by atoms with van der Waals surface area (Å²) >= 11 is 1.44. The lowest BCUT2D eigenvalue weighted by Gasteiger charge is -2.19. The monoisotopic (exact) mass is 436 g/mol. The number of carbonyl (C=O) groups excluding carboxylic acids is 2. The summed E-state index contributed by atoms with van der Waals surface area (Å²) in [6, 6.07) is 7.32. The minimum Gasteiger partial charge on any atom is -0.448 e. The van der Waals surface area contributed by atoms with Gasteiger partial charge < -0.3 is 10.1 Å². The van der Waals surface area contributed by atoms with Crippen molar-refractivity contribution in [2.45, 2.75) is 50.5 Å². The van der Waals surface area contributed by atoms with E-state index in [4.69, 9.17) is 9.88 Å². The average Bonchev–Trinajstić information content (AvgIpc) is 3.11. The van der Waals surface area contributed by atoms with Gasteiger partial charge in [0.25, 0.3) is 5.91 Å². The first-order chi connectivity index (χ1) is 13.7. The van der Waals surface area contributed by atoms with E-state index in [-0.39, 0.29) is 4.90 Å². The number of sulfonamides is 1. The fourth-order valence-corrected chi connectivity index (χ4v) is 4.90. The number of nitrogens with one attached hydrogen (secondary N) is 1. The number of esters is 1. The summed E-state index contributed by atoms with van der Waals surface area (Å²) in [5, 5.41) is 7.64. The highest BCUT2D eigenvalue weighted by Crippen LogP contribution is 2.34. The van der Waals surface area contributed by atoms with Crippen molar-refractivity contribution in [3.8, 4) is 0 Å². The molecule has 1 aliphatic rings. The van der Waals surface area contributed by atoms with Crippen molar-refractivity contribution in [3.05, 3.63) is 45.6 Å². The van der Waals surface area contributed by atoms with Gasteiger partial charge in [-0.3, -0.25) is 4.79 Å². The van der Waals surface area contributed by atoms with Gasteiger partial charge in [0.05, 0.1) is 4.90 Å². The van der Waals surface area contributed by atoms with Crippen molar-refractivity contribution in [3.63, 3.8) is 0 Å². The summed E-state index contributed by atoms with van der Waals surface area (Å²) in [5.74, 6) is -0.356. The molecule has 1 heterocycles. The van der Waals surface area contributed by atoms with E-state index < -0.39 is 28.0 Å². The van der Waals surface area contributed by atoms with Gasteiger partial charge >= 0.3 is 5.97 Å². The third kappa shape index (κ3) is 5.23. The van der Waals surface area contributed by atoms with Gasteiger partial charge in [-0.1, -0.05) is 13.3 Å². The zero-order valence-corrected chi connectivity index (χ0v) is 17.9. The number of amides is 1. The molecule has 0 bridgehead atoms. The molecule has 29 heavy (non-hydrogen) atoms. The number of ether oxygens (including phenoxy) is 1. The number of rotatable bonds is 6. The lowest BCUT2D eigenvalue weighted by molar-refractivity contribution is -0.123. The second-order valence-electron chi connectivity index (χ2n) is 7.18. The normalized spacial score (nSPS) is 17.3. The van der Waals surface area contributed by atoms with Gasteiger partial charge in [-0.15, -0.1) is 11.3 Å². The SMILES string of the molecule is CC[C@H]1CCc2sc(C(=O)O[C@H](C)C(=O)Nc3ccc(S(N)(=O)=O)cc3)cc2C1. The molecule has 0 unspecified atom stereocenters. The minimum absolute atomic E-state index is 0.0538. The quantitative estimate of drug-likeness (QED) is 0.675. The molecule has 1 amide bonds. The Kier molecular flexibility index (Phi) is 6.40. The van der Waals surface area contributed by atoms with Crippen molar-refractivity contribution in [2.75, 3.05) is 5.32 Å². The van der Waals surface area contributed by atoms with Gasteiger partial charge in [0.15, 0.2) is 6.10 Å². The van der Waals surface area contributed by atoms with Gasteiger partial charge in [-0.05, 0) is 68.0 Å². The van der Waals surface area contributed by atoms with E-state index in [0.717, 1.165) is 25.7 Å². The standard InChI is InChI=1S/C20H24N2O5S2/c1-3-13-4-9-17-14(10-13)11-18(28-17)20(24)27-12(2)19(23)22-15-5-7-16(8-6-15)29(21,25)26/h5-8,11-13H,3-4,9-10H2,1-2H3,(H,22,23)(H2,21,25,26)/t12-,13+/m1/s1. The number of hydrogen-bond donors (Lipinski definition) is 2. The Morgan fingerprint density at radius 2 is 2.00 bits per heavy atom. The fourth-order valence-electron chi connectivity index (χ4n) is 3.29. The zero-order chi connectivity index (χ0) is 21.2. The highest BCUT2D eigenvalue weighted by molar-refractivity contribution is 7.89. The number of carbonyl (C=O) groups is 2. The number of thiophene rings is 1. The van der Waals surface area contributed by atoms with Crippen molar-refractivity contribution in [1.29, 1.82) is 0 Å². The van der Waals surface area contributed by atoms with E-state index in [0.29, 0.717) is 16.5 Å². The van der Waals surface area contributed by atoms with Crippen molar-refractivity contribution >= 4 is 38.9 Å². The fraction of sp³-hybridized carbons (Fsp3) is 0.400. The highest BCUT2D eigenvalue weighted by Gasteiger charge is 2.25. The Morgan fingerprint density at radius 3 is 2.62 bits per heavy atom. The van der Waals surface area contributed by atoms with Crippen LogP contribution in [0, 0.1) is 5.92 Å². The second-order valence-corrected chi connectivity index (χ2v) is 9.88. The second kappa shape index (κ2) is 8.64. The Morgan fingerprint density at radius 1 is 1.31 bits per heavy atom. The smallest absolute Gasteiger partial charge is 0.349 e. The summed E-state index contributed by atoms with van der Waals surface area (Å²) in [6.45, 7) is 3.67. The number of fused-ring (bicyclic) bond motifs is 1. The Bertz CT molecular complexity index is 1010. The number of nitrogens with two attached hydrogens (primary N) is 1. The van der Waals surface area contributed by atoms with Crippen LogP contribution in [0.1, 0.15) is 46.8 Å². The first-order valence-electron chi connectivity index (χ1n) is 9.43. The lowest BCUT2D eigenvalue weighted by atomic mass is 9.87. The van der Waals surface area contributed by atoms with Crippen molar-refractivity contribution < 1.29 is 22.7 Å². The molecule has 7 nitrogen and oxygen atoms in total. The van der Waals surface area contributed by atoms with Crippen LogP contribution in [0.5, 0.6) is 0 Å². The van der Waals surface area contributed by atoms with Crippen LogP contribution in [0.2, 0.25) is 0 Å². The molecular weight excluding hydrogens is 412 g/mol. The molecule has 0 saturated heterocycles. The Hall–Kier alpha value is -2.23. The van der Waals surface area contributed by atoms with Crippen LogP contribution in [0.3, 0.4) is 0 Å². The van der Waals surface area contributed by atoms with Crippen LogP contribution in [-0.2, 0) is 32.4 Å². The van der Waals surface area contributed by atoms with Gasteiger partial charge in [0, 0.05) is 10.6 Å². The number of anilines is 1. The molecule has 2 atom stereocenters. The molecule has 1 aromatic carbocycles. The van der Waals surface area contributed by atoms with Crippen LogP contribution in [-0.4, -0.2) is 26.4 Å². The van der Waals surface area contributed by atoms with Crippen LogP contribution < -0.4 is 10.5 Å². The molecular formula is C20H24N2O5S2. The third-order valence-corrected chi connectivity index (χ3v) is 7.21. The van der Waals surface area contributed by atoms with Gasteiger partial charge in [-0.2, -0.15) is 0 Å². The van der Waals surface area contributed by atoms with E-state index in [1.165, 1.54) is 53.0 Å². The maximum absolute atomic E-state index is 12.5. The highest BCUT2D eigenvalue weighted by atomic mass is 32.2.